The summed E-state index contributed by atoms with van der Waals surface area (Å²) in [5, 5.41) is 0.618. The van der Waals surface area contributed by atoms with Gasteiger partial charge in [0.2, 0.25) is 5.91 Å². The predicted octanol–water partition coefficient (Wildman–Crippen LogP) is 3.47. The smallest absolute Gasteiger partial charge is 0.372 e. The van der Waals surface area contributed by atoms with E-state index in [4.69, 9.17) is 11.6 Å². The highest BCUT2D eigenvalue weighted by molar-refractivity contribution is 6.30. The van der Waals surface area contributed by atoms with E-state index in [0.29, 0.717) is 44.2 Å². The summed E-state index contributed by atoms with van der Waals surface area (Å²) in [7, 11) is 0. The fourth-order valence-electron chi connectivity index (χ4n) is 2.65. The van der Waals surface area contributed by atoms with Crippen molar-refractivity contribution < 1.29 is 22.7 Å². The maximum absolute atomic E-state index is 12.2. The topological polar surface area (TPSA) is 32.8 Å². The summed E-state index contributed by atoms with van der Waals surface area (Å²) in [5.41, 5.74) is 0.864. The molecule has 0 bridgehead atoms. The molecule has 1 saturated heterocycles. The zero-order valence-electron chi connectivity index (χ0n) is 14.3. The molecule has 1 aromatic carbocycles. The Balaban J connectivity index is 1.65. The molecule has 4 nitrogen and oxygen atoms in total. The molecule has 1 heterocycles. The number of benzene rings is 1. The number of hydrogen-bond donors (Lipinski definition) is 0. The minimum Gasteiger partial charge on any atom is -0.372 e. The lowest BCUT2D eigenvalue weighted by molar-refractivity contribution is -0.174. The first-order valence-corrected chi connectivity index (χ1v) is 8.81. The largest absolute Gasteiger partial charge is 0.411 e. The molecule has 0 unspecified atom stereocenters. The number of amides is 1. The lowest BCUT2D eigenvalue weighted by Crippen LogP contribution is -2.48. The van der Waals surface area contributed by atoms with E-state index in [-0.39, 0.29) is 12.5 Å². The number of ether oxygens (including phenoxy) is 1. The number of carbonyl (C=O) groups is 1. The Kier molecular flexibility index (Phi) is 7.93. The van der Waals surface area contributed by atoms with Crippen molar-refractivity contribution >= 4 is 23.6 Å². The van der Waals surface area contributed by atoms with Crippen LogP contribution in [0, 0.1) is 0 Å². The Morgan fingerprint density at radius 2 is 1.96 bits per heavy atom. The van der Waals surface area contributed by atoms with Crippen LogP contribution in [0.4, 0.5) is 13.2 Å². The maximum atomic E-state index is 12.2. The fraction of sp³-hybridized carbons (Fsp3) is 0.500. The summed E-state index contributed by atoms with van der Waals surface area (Å²) in [6, 6.07) is 7.25. The maximum Gasteiger partial charge on any atom is 0.411 e. The van der Waals surface area contributed by atoms with Gasteiger partial charge in [0.15, 0.2) is 0 Å². The summed E-state index contributed by atoms with van der Waals surface area (Å²) in [6.45, 7) is 2.16. The Labute approximate surface area is 156 Å². The Morgan fingerprint density at radius 3 is 2.62 bits per heavy atom. The van der Waals surface area contributed by atoms with E-state index in [1.54, 1.807) is 23.1 Å². The van der Waals surface area contributed by atoms with Crippen LogP contribution in [0.15, 0.2) is 30.3 Å². The second-order valence-corrected chi connectivity index (χ2v) is 6.51. The molecule has 1 aromatic rings. The van der Waals surface area contributed by atoms with E-state index in [0.717, 1.165) is 5.56 Å². The van der Waals surface area contributed by atoms with E-state index in [1.807, 2.05) is 12.1 Å². The van der Waals surface area contributed by atoms with Gasteiger partial charge in [-0.2, -0.15) is 13.2 Å². The van der Waals surface area contributed by atoms with Gasteiger partial charge in [0, 0.05) is 50.4 Å². The molecule has 2 rings (SSSR count). The molecular formula is C18H22ClF3N2O2. The summed E-state index contributed by atoms with van der Waals surface area (Å²) in [4.78, 5) is 16.1. The van der Waals surface area contributed by atoms with Gasteiger partial charge in [0.1, 0.15) is 6.61 Å². The van der Waals surface area contributed by atoms with Crippen LogP contribution in [-0.2, 0) is 9.53 Å². The van der Waals surface area contributed by atoms with Gasteiger partial charge in [-0.05, 0) is 30.2 Å². The lowest BCUT2D eigenvalue weighted by Gasteiger charge is -2.34. The molecule has 1 aliphatic heterocycles. The van der Waals surface area contributed by atoms with Gasteiger partial charge in [-0.1, -0.05) is 23.7 Å². The van der Waals surface area contributed by atoms with Crippen molar-refractivity contribution in [3.63, 3.8) is 0 Å². The molecule has 0 radical (unpaired) electrons. The van der Waals surface area contributed by atoms with Gasteiger partial charge in [0.05, 0.1) is 0 Å². The van der Waals surface area contributed by atoms with E-state index in [1.165, 1.54) is 6.08 Å². The average molecular weight is 391 g/mol. The minimum absolute atomic E-state index is 0.0573. The summed E-state index contributed by atoms with van der Waals surface area (Å²) in [5.74, 6) is -0.0573. The molecule has 1 amide bonds. The highest BCUT2D eigenvalue weighted by atomic mass is 35.5. The first-order valence-electron chi connectivity index (χ1n) is 8.43. The number of nitrogens with zero attached hydrogens (tertiary/aromatic N) is 2. The average Bonchev–Trinajstić information content (AvgIpc) is 2.59. The second kappa shape index (κ2) is 9.94. The first-order chi connectivity index (χ1) is 12.3. The van der Waals surface area contributed by atoms with Crippen molar-refractivity contribution in [3.05, 3.63) is 40.9 Å². The van der Waals surface area contributed by atoms with Crippen LogP contribution >= 0.6 is 11.6 Å². The van der Waals surface area contributed by atoms with Crippen molar-refractivity contribution in [1.82, 2.24) is 9.80 Å². The molecule has 8 heteroatoms. The lowest BCUT2D eigenvalue weighted by atomic mass is 10.2. The molecule has 0 aromatic heterocycles. The molecule has 0 saturated carbocycles. The van der Waals surface area contributed by atoms with E-state index in [2.05, 4.69) is 9.64 Å². The van der Waals surface area contributed by atoms with Crippen LogP contribution < -0.4 is 0 Å². The van der Waals surface area contributed by atoms with Crippen molar-refractivity contribution in [2.24, 2.45) is 0 Å². The van der Waals surface area contributed by atoms with Crippen molar-refractivity contribution in [2.45, 2.75) is 12.6 Å². The Bertz CT molecular complexity index is 615. The zero-order chi connectivity index (χ0) is 19.0. The molecular weight excluding hydrogens is 369 g/mol. The highest BCUT2D eigenvalue weighted by Gasteiger charge is 2.27. The molecule has 0 N–H and O–H groups in total. The van der Waals surface area contributed by atoms with Crippen molar-refractivity contribution in [3.8, 4) is 0 Å². The SMILES string of the molecule is O=C(/C=C/c1cccc(Cl)c1)N1CCN(CCCOCC(F)(F)F)CC1. The van der Waals surface area contributed by atoms with Gasteiger partial charge in [0.25, 0.3) is 0 Å². The third-order valence-electron chi connectivity index (χ3n) is 3.98. The third kappa shape index (κ3) is 7.76. The Morgan fingerprint density at radius 1 is 1.23 bits per heavy atom. The van der Waals surface area contributed by atoms with Crippen molar-refractivity contribution in [2.75, 3.05) is 45.9 Å². The Hall–Kier alpha value is -1.57. The van der Waals surface area contributed by atoms with Crippen LogP contribution in [-0.4, -0.2) is 67.8 Å². The van der Waals surface area contributed by atoms with E-state index < -0.39 is 12.8 Å². The van der Waals surface area contributed by atoms with Gasteiger partial charge < -0.3 is 9.64 Å². The molecule has 0 atom stereocenters. The van der Waals surface area contributed by atoms with Crippen molar-refractivity contribution in [1.29, 1.82) is 0 Å². The van der Waals surface area contributed by atoms with Gasteiger partial charge in [-0.25, -0.2) is 0 Å². The van der Waals surface area contributed by atoms with Crippen LogP contribution in [0.1, 0.15) is 12.0 Å². The van der Waals surface area contributed by atoms with Crippen LogP contribution in [0.3, 0.4) is 0 Å². The monoisotopic (exact) mass is 390 g/mol. The van der Waals surface area contributed by atoms with E-state index >= 15 is 0 Å². The molecule has 1 fully saturated rings. The van der Waals surface area contributed by atoms with Crippen LogP contribution in [0.2, 0.25) is 5.02 Å². The number of hydrogen-bond acceptors (Lipinski definition) is 3. The number of alkyl halides is 3. The van der Waals surface area contributed by atoms with Gasteiger partial charge >= 0.3 is 6.18 Å². The van der Waals surface area contributed by atoms with E-state index in [9.17, 15) is 18.0 Å². The molecule has 26 heavy (non-hydrogen) atoms. The van der Waals surface area contributed by atoms with Gasteiger partial charge in [-0.3, -0.25) is 9.69 Å². The molecule has 144 valence electrons. The normalized spacial score (nSPS) is 16.4. The molecule has 0 spiro atoms. The standard InChI is InChI=1S/C18H22ClF3N2O2/c19-16-4-1-3-15(13-16)5-6-17(25)24-10-8-23(9-11-24)7-2-12-26-14-18(20,21)22/h1,3-6,13H,2,7-12,14H2/b6-5+. The fourth-order valence-corrected chi connectivity index (χ4v) is 2.85. The summed E-state index contributed by atoms with van der Waals surface area (Å²) >= 11 is 5.91. The summed E-state index contributed by atoms with van der Waals surface area (Å²) < 4.78 is 40.5. The van der Waals surface area contributed by atoms with Gasteiger partial charge in [-0.15, -0.1) is 0 Å². The number of halogens is 4. The highest BCUT2D eigenvalue weighted by Crippen LogP contribution is 2.15. The molecule has 0 aliphatic carbocycles. The minimum atomic E-state index is -4.27. The number of rotatable bonds is 7. The second-order valence-electron chi connectivity index (χ2n) is 6.08. The first kappa shape index (κ1) is 20.7. The number of piperazine rings is 1. The van der Waals surface area contributed by atoms with Crippen LogP contribution in [0.25, 0.3) is 6.08 Å². The third-order valence-corrected chi connectivity index (χ3v) is 4.21. The predicted molar refractivity (Wildman–Crippen MR) is 95.0 cm³/mol. The molecule has 1 aliphatic rings. The zero-order valence-corrected chi connectivity index (χ0v) is 15.1. The number of carbonyl (C=O) groups excluding carboxylic acids is 1. The van der Waals surface area contributed by atoms with Crippen LogP contribution in [0.5, 0.6) is 0 Å². The summed E-state index contributed by atoms with van der Waals surface area (Å²) in [6.07, 6.45) is -0.464. The quantitative estimate of drug-likeness (QED) is 0.528.